The molecule has 1 unspecified atom stereocenters. The summed E-state index contributed by atoms with van der Waals surface area (Å²) in [4.78, 5) is 0. The Kier molecular flexibility index (Phi) is 3.82. The molecule has 0 aromatic carbocycles. The maximum absolute atomic E-state index is 11.7. The molecule has 0 aliphatic heterocycles. The Morgan fingerprint density at radius 3 is 2.09 bits per heavy atom. The summed E-state index contributed by atoms with van der Waals surface area (Å²) >= 11 is 0. The van der Waals surface area contributed by atoms with Crippen LogP contribution in [0.15, 0.2) is 0 Å². The number of halogens is 3. The zero-order valence-corrected chi connectivity index (χ0v) is 6.35. The second-order valence-corrected chi connectivity index (χ2v) is 2.37. The van der Waals surface area contributed by atoms with Gasteiger partial charge in [-0.1, -0.05) is 0 Å². The van der Waals surface area contributed by atoms with E-state index in [1.807, 2.05) is 0 Å². The molecule has 0 radical (unpaired) electrons. The van der Waals surface area contributed by atoms with E-state index in [-0.39, 0.29) is 6.61 Å². The monoisotopic (exact) mass is 172 g/mol. The van der Waals surface area contributed by atoms with Gasteiger partial charge in [0.2, 0.25) is 0 Å². The predicted octanol–water partition coefficient (Wildman–Crippen LogP) is 1.33. The lowest BCUT2D eigenvalue weighted by Gasteiger charge is -2.16. The van der Waals surface area contributed by atoms with Crippen molar-refractivity contribution >= 4 is 0 Å². The summed E-state index contributed by atoms with van der Waals surface area (Å²) in [6.45, 7) is 1.98. The number of rotatable bonds is 3. The van der Waals surface area contributed by atoms with Gasteiger partial charge in [-0.2, -0.15) is 13.2 Å². The van der Waals surface area contributed by atoms with E-state index in [0.717, 1.165) is 6.92 Å². The van der Waals surface area contributed by atoms with E-state index in [0.29, 0.717) is 0 Å². The van der Waals surface area contributed by atoms with E-state index in [1.54, 1.807) is 0 Å². The van der Waals surface area contributed by atoms with Crippen molar-refractivity contribution in [3.63, 3.8) is 0 Å². The number of hydrogen-bond acceptors (Lipinski definition) is 2. The van der Waals surface area contributed by atoms with Crippen molar-refractivity contribution in [2.75, 3.05) is 6.61 Å². The van der Waals surface area contributed by atoms with Gasteiger partial charge in [-0.3, -0.25) is 0 Å². The van der Waals surface area contributed by atoms with Crippen molar-refractivity contribution in [1.29, 1.82) is 0 Å². The van der Waals surface area contributed by atoms with Crippen LogP contribution in [0.5, 0.6) is 0 Å². The topological polar surface area (TPSA) is 29.5 Å². The van der Waals surface area contributed by atoms with Crippen molar-refractivity contribution < 1.29 is 23.0 Å². The molecule has 0 aromatic rings. The van der Waals surface area contributed by atoms with Crippen molar-refractivity contribution in [1.82, 2.24) is 0 Å². The highest BCUT2D eigenvalue weighted by Gasteiger charge is 2.36. The third-order valence-corrected chi connectivity index (χ3v) is 1.05. The van der Waals surface area contributed by atoms with Gasteiger partial charge < -0.3 is 9.84 Å². The van der Waals surface area contributed by atoms with Crippen LogP contribution in [0.3, 0.4) is 0 Å². The van der Waals surface area contributed by atoms with E-state index in [4.69, 9.17) is 5.11 Å². The van der Waals surface area contributed by atoms with Crippen LogP contribution in [0.25, 0.3) is 0 Å². The summed E-state index contributed by atoms with van der Waals surface area (Å²) in [5, 5.41) is 8.57. The van der Waals surface area contributed by atoms with Gasteiger partial charge in [0.15, 0.2) is 6.10 Å². The summed E-state index contributed by atoms with van der Waals surface area (Å²) in [6.07, 6.45) is -7.01. The first-order valence-electron chi connectivity index (χ1n) is 3.20. The zero-order valence-electron chi connectivity index (χ0n) is 6.35. The average molecular weight is 172 g/mol. The Morgan fingerprint density at radius 1 is 1.36 bits per heavy atom. The maximum atomic E-state index is 11.7. The molecule has 0 fully saturated rings. The Balaban J connectivity index is 3.61. The molecule has 0 saturated heterocycles. The SMILES string of the molecule is CC(OC[C@H](C)O)C(F)(F)F. The van der Waals surface area contributed by atoms with Crippen LogP contribution in [0.1, 0.15) is 13.8 Å². The van der Waals surface area contributed by atoms with E-state index in [9.17, 15) is 13.2 Å². The zero-order chi connectivity index (χ0) is 9.07. The minimum Gasteiger partial charge on any atom is -0.391 e. The summed E-state index contributed by atoms with van der Waals surface area (Å²) < 4.78 is 39.4. The van der Waals surface area contributed by atoms with Gasteiger partial charge >= 0.3 is 6.18 Å². The largest absolute Gasteiger partial charge is 0.414 e. The molecule has 68 valence electrons. The van der Waals surface area contributed by atoms with E-state index < -0.39 is 18.4 Å². The van der Waals surface area contributed by atoms with E-state index in [1.165, 1.54) is 6.92 Å². The number of hydrogen-bond donors (Lipinski definition) is 1. The molecule has 0 amide bonds. The van der Waals surface area contributed by atoms with Crippen LogP contribution < -0.4 is 0 Å². The van der Waals surface area contributed by atoms with Crippen LogP contribution in [0.4, 0.5) is 13.2 Å². The van der Waals surface area contributed by atoms with Crippen LogP contribution >= 0.6 is 0 Å². The lowest BCUT2D eigenvalue weighted by Crippen LogP contribution is -2.30. The van der Waals surface area contributed by atoms with Gasteiger partial charge in [-0.05, 0) is 13.8 Å². The van der Waals surface area contributed by atoms with Crippen molar-refractivity contribution in [2.24, 2.45) is 0 Å². The number of aliphatic hydroxyl groups excluding tert-OH is 1. The van der Waals surface area contributed by atoms with Crippen LogP contribution in [0, 0.1) is 0 Å². The molecule has 0 heterocycles. The van der Waals surface area contributed by atoms with Gasteiger partial charge in [0.1, 0.15) is 0 Å². The highest BCUT2D eigenvalue weighted by Crippen LogP contribution is 2.22. The summed E-state index contributed by atoms with van der Waals surface area (Å²) in [6, 6.07) is 0. The molecule has 2 atom stereocenters. The van der Waals surface area contributed by atoms with E-state index >= 15 is 0 Å². The van der Waals surface area contributed by atoms with Crippen LogP contribution in [0.2, 0.25) is 0 Å². The molecule has 0 saturated carbocycles. The third kappa shape index (κ3) is 5.03. The summed E-state index contributed by atoms with van der Waals surface area (Å²) in [5.41, 5.74) is 0. The molecule has 11 heavy (non-hydrogen) atoms. The van der Waals surface area contributed by atoms with E-state index in [2.05, 4.69) is 4.74 Å². The fraction of sp³-hybridized carbons (Fsp3) is 1.00. The average Bonchev–Trinajstić information content (AvgIpc) is 1.80. The maximum Gasteiger partial charge on any atom is 0.414 e. The second-order valence-electron chi connectivity index (χ2n) is 2.37. The molecular formula is C6H11F3O2. The molecule has 0 aromatic heterocycles. The summed E-state index contributed by atoms with van der Waals surface area (Å²) in [5.74, 6) is 0. The second kappa shape index (κ2) is 3.92. The van der Waals surface area contributed by atoms with Gasteiger partial charge in [-0.25, -0.2) is 0 Å². The first-order chi connectivity index (χ1) is 4.84. The Hall–Kier alpha value is -0.290. The quantitative estimate of drug-likeness (QED) is 0.696. The number of alkyl halides is 3. The molecule has 2 nitrogen and oxygen atoms in total. The fourth-order valence-corrected chi connectivity index (χ4v) is 0.378. The predicted molar refractivity (Wildman–Crippen MR) is 33.1 cm³/mol. The molecule has 1 N–H and O–H groups in total. The summed E-state index contributed by atoms with van der Waals surface area (Å²) in [7, 11) is 0. The minimum absolute atomic E-state index is 0.291. The number of ether oxygens (including phenoxy) is 1. The molecule has 0 bridgehead atoms. The molecule has 0 aliphatic rings. The van der Waals surface area contributed by atoms with Gasteiger partial charge in [0.25, 0.3) is 0 Å². The van der Waals surface area contributed by atoms with Crippen LogP contribution in [-0.2, 0) is 4.74 Å². The van der Waals surface area contributed by atoms with Gasteiger partial charge in [0, 0.05) is 0 Å². The minimum atomic E-state index is -4.34. The molecule has 0 rings (SSSR count). The third-order valence-electron chi connectivity index (χ3n) is 1.05. The van der Waals surface area contributed by atoms with Gasteiger partial charge in [0.05, 0.1) is 12.7 Å². The van der Waals surface area contributed by atoms with Gasteiger partial charge in [-0.15, -0.1) is 0 Å². The Bertz CT molecular complexity index is 111. The Morgan fingerprint density at radius 2 is 1.82 bits per heavy atom. The molecule has 0 aliphatic carbocycles. The standard InChI is InChI=1S/C6H11F3O2/c1-4(10)3-11-5(2)6(7,8)9/h4-5,10H,3H2,1-2H3/t4-,5?/m0/s1. The molecule has 0 spiro atoms. The lowest BCUT2D eigenvalue weighted by atomic mass is 10.4. The highest BCUT2D eigenvalue weighted by molar-refractivity contribution is 4.61. The molecule has 5 heteroatoms. The fourth-order valence-electron chi connectivity index (χ4n) is 0.378. The van der Waals surface area contributed by atoms with Crippen LogP contribution in [-0.4, -0.2) is 30.1 Å². The first kappa shape index (κ1) is 10.7. The van der Waals surface area contributed by atoms with Crippen molar-refractivity contribution in [3.8, 4) is 0 Å². The Labute approximate surface area is 63.0 Å². The molecular weight excluding hydrogens is 161 g/mol. The number of aliphatic hydroxyl groups is 1. The van der Waals surface area contributed by atoms with Crippen molar-refractivity contribution in [2.45, 2.75) is 32.2 Å². The van der Waals surface area contributed by atoms with Crippen molar-refractivity contribution in [3.05, 3.63) is 0 Å². The smallest absolute Gasteiger partial charge is 0.391 e. The normalized spacial score (nSPS) is 18.0. The lowest BCUT2D eigenvalue weighted by molar-refractivity contribution is -0.218. The first-order valence-corrected chi connectivity index (χ1v) is 3.20. The highest BCUT2D eigenvalue weighted by atomic mass is 19.4.